The molecule has 0 aromatic carbocycles. The molecule has 1 aliphatic rings. The Balaban J connectivity index is 2.53. The van der Waals surface area contributed by atoms with E-state index in [9.17, 15) is 15.0 Å². The van der Waals surface area contributed by atoms with Crippen LogP contribution in [0.3, 0.4) is 0 Å². The number of carbonyl (C=O) groups is 1. The molecule has 1 fully saturated rings. The highest BCUT2D eigenvalue weighted by molar-refractivity contribution is 5.79. The molecule has 1 aliphatic carbocycles. The molecule has 1 rings (SSSR count). The maximum atomic E-state index is 11.1. The normalized spacial score (nSPS) is 25.2. The van der Waals surface area contributed by atoms with Crippen molar-refractivity contribution >= 4 is 5.78 Å². The summed E-state index contributed by atoms with van der Waals surface area (Å²) < 4.78 is 5.49. The molecule has 0 aliphatic heterocycles. The van der Waals surface area contributed by atoms with Crippen LogP contribution in [0.5, 0.6) is 0 Å². The van der Waals surface area contributed by atoms with Gasteiger partial charge in [0.05, 0.1) is 12.4 Å². The SMILES string of the molecule is C=COC1(O)CC[C@H](C=CCC(O)CCCCCC)[C@H]1CC=CCCCC(=O)CO. The summed E-state index contributed by atoms with van der Waals surface area (Å²) in [5.74, 6) is -1.25. The van der Waals surface area contributed by atoms with Crippen molar-refractivity contribution < 1.29 is 24.9 Å². The first-order valence-corrected chi connectivity index (χ1v) is 11.6. The summed E-state index contributed by atoms with van der Waals surface area (Å²) in [6.45, 7) is 5.39. The van der Waals surface area contributed by atoms with Gasteiger partial charge in [0.25, 0.3) is 0 Å². The van der Waals surface area contributed by atoms with E-state index in [4.69, 9.17) is 9.84 Å². The predicted octanol–water partition coefficient (Wildman–Crippen LogP) is 4.82. The van der Waals surface area contributed by atoms with Gasteiger partial charge >= 0.3 is 0 Å². The fourth-order valence-corrected chi connectivity index (χ4v) is 4.17. The molecule has 30 heavy (non-hydrogen) atoms. The second kappa shape index (κ2) is 15.4. The van der Waals surface area contributed by atoms with Crippen LogP contribution in [0.1, 0.15) is 84.0 Å². The van der Waals surface area contributed by atoms with Crippen LogP contribution in [0.25, 0.3) is 0 Å². The molecule has 0 heterocycles. The highest BCUT2D eigenvalue weighted by Crippen LogP contribution is 2.44. The molecule has 3 N–H and O–H groups in total. The standard InChI is InChI=1S/C25H42O5/c1-3-5-6-9-14-22(27)16-12-13-21-18-19-25(29,30-4-2)24(21)17-11-8-7-10-15-23(28)20-26/h4,8,11-13,21-22,24,26-27,29H,2-3,5-7,9-10,14-20H2,1H3/t21-,22?,24+,25?/m0/s1. The number of ketones is 1. The van der Waals surface area contributed by atoms with E-state index < -0.39 is 5.79 Å². The zero-order chi connectivity index (χ0) is 22.2. The van der Waals surface area contributed by atoms with Gasteiger partial charge in [0, 0.05) is 18.8 Å². The number of aliphatic hydroxyl groups excluding tert-OH is 2. The van der Waals surface area contributed by atoms with Crippen LogP contribution in [0.15, 0.2) is 37.1 Å². The Bertz CT molecular complexity index is 542. The molecule has 0 spiro atoms. The van der Waals surface area contributed by atoms with E-state index in [1.54, 1.807) is 0 Å². The summed E-state index contributed by atoms with van der Waals surface area (Å²) in [6, 6.07) is 0. The summed E-state index contributed by atoms with van der Waals surface area (Å²) in [7, 11) is 0. The minimum atomic E-state index is -1.22. The molecule has 0 saturated heterocycles. The number of rotatable bonds is 17. The summed E-state index contributed by atoms with van der Waals surface area (Å²) >= 11 is 0. The molecule has 5 heteroatoms. The average molecular weight is 423 g/mol. The second-order valence-electron chi connectivity index (χ2n) is 8.40. The van der Waals surface area contributed by atoms with Gasteiger partial charge in [0.15, 0.2) is 5.78 Å². The van der Waals surface area contributed by atoms with Gasteiger partial charge in [-0.1, -0.05) is 63.5 Å². The third kappa shape index (κ3) is 10.1. The summed E-state index contributed by atoms with van der Waals surface area (Å²) in [6.07, 6.45) is 19.3. The van der Waals surface area contributed by atoms with E-state index in [1.807, 2.05) is 18.2 Å². The van der Waals surface area contributed by atoms with Crippen molar-refractivity contribution in [1.29, 1.82) is 0 Å². The molecular formula is C25H42O5. The molecule has 1 saturated carbocycles. The van der Waals surface area contributed by atoms with E-state index in [2.05, 4.69) is 19.6 Å². The van der Waals surface area contributed by atoms with Gasteiger partial charge in [-0.3, -0.25) is 4.79 Å². The Hall–Kier alpha value is -1.43. The maximum Gasteiger partial charge on any atom is 0.210 e. The van der Waals surface area contributed by atoms with Crippen LogP contribution >= 0.6 is 0 Å². The minimum Gasteiger partial charge on any atom is -0.470 e. The van der Waals surface area contributed by atoms with Gasteiger partial charge in [-0.15, -0.1) is 0 Å². The van der Waals surface area contributed by atoms with Crippen LogP contribution in [-0.2, 0) is 9.53 Å². The van der Waals surface area contributed by atoms with Gasteiger partial charge in [-0.05, 0) is 44.4 Å². The van der Waals surface area contributed by atoms with Crippen molar-refractivity contribution in [2.24, 2.45) is 11.8 Å². The van der Waals surface area contributed by atoms with Gasteiger partial charge in [-0.2, -0.15) is 0 Å². The second-order valence-corrected chi connectivity index (χ2v) is 8.40. The monoisotopic (exact) mass is 422 g/mol. The summed E-state index contributed by atoms with van der Waals surface area (Å²) in [5.41, 5.74) is 0. The molecule has 0 aromatic rings. The van der Waals surface area contributed by atoms with Crippen LogP contribution in [0.4, 0.5) is 0 Å². The van der Waals surface area contributed by atoms with Gasteiger partial charge < -0.3 is 20.1 Å². The number of unbranched alkanes of at least 4 members (excludes halogenated alkanes) is 4. The third-order valence-electron chi connectivity index (χ3n) is 5.96. The quantitative estimate of drug-likeness (QED) is 0.135. The van der Waals surface area contributed by atoms with Crippen LogP contribution in [0.2, 0.25) is 0 Å². The van der Waals surface area contributed by atoms with Gasteiger partial charge in [0.2, 0.25) is 5.79 Å². The van der Waals surface area contributed by atoms with Crippen molar-refractivity contribution in [2.75, 3.05) is 6.61 Å². The lowest BCUT2D eigenvalue weighted by molar-refractivity contribution is -0.192. The molecule has 4 atom stereocenters. The van der Waals surface area contributed by atoms with Crippen molar-refractivity contribution in [3.8, 4) is 0 Å². The first-order chi connectivity index (χ1) is 14.5. The lowest BCUT2D eigenvalue weighted by Crippen LogP contribution is -2.36. The molecule has 5 nitrogen and oxygen atoms in total. The highest BCUT2D eigenvalue weighted by atomic mass is 16.6. The maximum absolute atomic E-state index is 11.1. The zero-order valence-electron chi connectivity index (χ0n) is 18.7. The van der Waals surface area contributed by atoms with Crippen molar-refractivity contribution in [1.82, 2.24) is 0 Å². The highest BCUT2D eigenvalue weighted by Gasteiger charge is 2.47. The predicted molar refractivity (Wildman–Crippen MR) is 121 cm³/mol. The number of carbonyl (C=O) groups excluding carboxylic acids is 1. The van der Waals surface area contributed by atoms with E-state index in [0.29, 0.717) is 32.1 Å². The number of aliphatic hydroxyl groups is 3. The van der Waals surface area contributed by atoms with Crippen molar-refractivity contribution in [2.45, 2.75) is 95.9 Å². The fraction of sp³-hybridized carbons (Fsp3) is 0.720. The number of hydrogen-bond donors (Lipinski definition) is 3. The van der Waals surface area contributed by atoms with E-state index in [1.165, 1.54) is 25.5 Å². The topological polar surface area (TPSA) is 87.0 Å². The number of allylic oxidation sites excluding steroid dienone is 3. The Morgan fingerprint density at radius 3 is 2.73 bits per heavy atom. The first-order valence-electron chi connectivity index (χ1n) is 11.6. The molecule has 0 aromatic heterocycles. The van der Waals surface area contributed by atoms with Crippen LogP contribution in [0, 0.1) is 11.8 Å². The molecule has 0 amide bonds. The lowest BCUT2D eigenvalue weighted by Gasteiger charge is -2.30. The Kier molecular flexibility index (Phi) is 13.6. The average Bonchev–Trinajstić information content (AvgIpc) is 3.03. The van der Waals surface area contributed by atoms with Gasteiger partial charge in [0.1, 0.15) is 6.61 Å². The third-order valence-corrected chi connectivity index (χ3v) is 5.96. The van der Waals surface area contributed by atoms with Crippen LogP contribution < -0.4 is 0 Å². The number of Topliss-reactive ketones (excluding diaryl/α,β-unsaturated/α-hetero) is 1. The zero-order valence-corrected chi connectivity index (χ0v) is 18.7. The van der Waals surface area contributed by atoms with Crippen LogP contribution in [-0.4, -0.2) is 39.6 Å². The smallest absolute Gasteiger partial charge is 0.210 e. The molecular weight excluding hydrogens is 380 g/mol. The van der Waals surface area contributed by atoms with Crippen molar-refractivity contribution in [3.63, 3.8) is 0 Å². The first kappa shape index (κ1) is 26.6. The number of ether oxygens (including phenoxy) is 1. The van der Waals surface area contributed by atoms with E-state index in [-0.39, 0.29) is 30.3 Å². The molecule has 0 radical (unpaired) electrons. The Morgan fingerprint density at radius 1 is 1.23 bits per heavy atom. The molecule has 2 unspecified atom stereocenters. The molecule has 0 bridgehead atoms. The van der Waals surface area contributed by atoms with Gasteiger partial charge in [-0.25, -0.2) is 0 Å². The Labute approximate surface area is 182 Å². The molecule has 172 valence electrons. The van der Waals surface area contributed by atoms with Crippen molar-refractivity contribution in [3.05, 3.63) is 37.1 Å². The fourth-order valence-electron chi connectivity index (χ4n) is 4.17. The van der Waals surface area contributed by atoms with E-state index >= 15 is 0 Å². The van der Waals surface area contributed by atoms with E-state index in [0.717, 1.165) is 25.7 Å². The largest absolute Gasteiger partial charge is 0.470 e. The number of hydrogen-bond acceptors (Lipinski definition) is 5. The summed E-state index contributed by atoms with van der Waals surface area (Å²) in [4.78, 5) is 11.1. The summed E-state index contributed by atoms with van der Waals surface area (Å²) in [5, 5.41) is 29.8. The minimum absolute atomic E-state index is 0.0798. The Morgan fingerprint density at radius 2 is 2.03 bits per heavy atom. The lowest BCUT2D eigenvalue weighted by atomic mass is 9.88.